The summed E-state index contributed by atoms with van der Waals surface area (Å²) in [5, 5.41) is 21.9. The predicted molar refractivity (Wildman–Crippen MR) is 229 cm³/mol. The molecule has 7 aromatic carbocycles. The van der Waals surface area contributed by atoms with Crippen molar-refractivity contribution in [2.24, 2.45) is 0 Å². The second kappa shape index (κ2) is 14.3. The van der Waals surface area contributed by atoms with Crippen LogP contribution in [0.15, 0.2) is 164 Å². The average Bonchev–Trinajstić information content (AvgIpc) is 3.80. The van der Waals surface area contributed by atoms with E-state index in [1.165, 1.54) is 6.20 Å². The molecule has 11 heteroatoms. The number of hydrogen-bond donors (Lipinski definition) is 0. The number of aromatic nitrogens is 3. The first-order chi connectivity index (χ1) is 29.9. The van der Waals surface area contributed by atoms with Gasteiger partial charge in [-0.3, -0.25) is 4.57 Å². The van der Waals surface area contributed by atoms with Gasteiger partial charge in [-0.15, -0.1) is 0 Å². The SMILES string of the molecule is N#Cc1ccc(-c2ccc3c(c2)c2ccccc2n3-c2cc(-c3cc(C(F)(F)F)cc(C(F)(F)F)c3)c(-n3c4ccccc4c4cc(-c5ccc(C#N)cc5)ccc43)cn2)cc1. The zero-order valence-electron chi connectivity index (χ0n) is 32.1. The van der Waals surface area contributed by atoms with Crippen LogP contribution in [0.4, 0.5) is 26.3 Å². The number of fused-ring (bicyclic) bond motifs is 6. The van der Waals surface area contributed by atoms with Gasteiger partial charge in [-0.1, -0.05) is 72.8 Å². The van der Waals surface area contributed by atoms with Crippen LogP contribution in [0.3, 0.4) is 0 Å². The van der Waals surface area contributed by atoms with Crippen LogP contribution in [0.25, 0.3) is 88.5 Å². The Balaban J connectivity index is 1.25. The van der Waals surface area contributed by atoms with Crippen LogP contribution in [0.1, 0.15) is 22.3 Å². The Hall–Kier alpha value is -8.15. The number of benzene rings is 7. The molecule has 0 radical (unpaired) electrons. The highest BCUT2D eigenvalue weighted by atomic mass is 19.4. The van der Waals surface area contributed by atoms with Crippen LogP contribution < -0.4 is 0 Å². The van der Waals surface area contributed by atoms with Crippen LogP contribution in [0, 0.1) is 22.7 Å². The zero-order chi connectivity index (χ0) is 42.9. The number of pyridine rings is 1. The smallest absolute Gasteiger partial charge is 0.307 e. The van der Waals surface area contributed by atoms with Crippen molar-refractivity contribution in [3.63, 3.8) is 0 Å². The normalized spacial score (nSPS) is 12.0. The third kappa shape index (κ3) is 6.39. The summed E-state index contributed by atoms with van der Waals surface area (Å²) in [7, 11) is 0. The molecule has 0 saturated heterocycles. The molecule has 0 bridgehead atoms. The van der Waals surface area contributed by atoms with E-state index < -0.39 is 23.5 Å². The number of halogens is 6. The molecular formula is C51H27F6N5. The number of nitrogens with zero attached hydrogens (tertiary/aromatic N) is 5. The van der Waals surface area contributed by atoms with E-state index in [0.717, 1.165) is 61.4 Å². The molecule has 0 spiro atoms. The van der Waals surface area contributed by atoms with E-state index in [0.29, 0.717) is 27.7 Å². The summed E-state index contributed by atoms with van der Waals surface area (Å²) in [6.45, 7) is 0. The second-order valence-electron chi connectivity index (χ2n) is 14.9. The molecule has 62 heavy (non-hydrogen) atoms. The summed E-state index contributed by atoms with van der Waals surface area (Å²) >= 11 is 0. The molecule has 10 rings (SSSR count). The van der Waals surface area contributed by atoms with E-state index in [4.69, 9.17) is 4.98 Å². The van der Waals surface area contributed by atoms with Gasteiger partial charge in [-0.2, -0.15) is 36.9 Å². The molecule has 10 aromatic rings. The maximum Gasteiger partial charge on any atom is 0.416 e. The first kappa shape index (κ1) is 38.1. The lowest BCUT2D eigenvalue weighted by atomic mass is 9.98. The Morgan fingerprint density at radius 3 is 1.34 bits per heavy atom. The zero-order valence-corrected chi connectivity index (χ0v) is 32.1. The minimum absolute atomic E-state index is 0.0885. The summed E-state index contributed by atoms with van der Waals surface area (Å²) in [5.74, 6) is 0.274. The van der Waals surface area contributed by atoms with Crippen molar-refractivity contribution in [3.8, 4) is 57.0 Å². The topological polar surface area (TPSA) is 70.3 Å². The molecular weight excluding hydrogens is 797 g/mol. The van der Waals surface area contributed by atoms with Crippen molar-refractivity contribution >= 4 is 43.6 Å². The number of nitriles is 2. The van der Waals surface area contributed by atoms with E-state index in [2.05, 4.69) is 12.1 Å². The number of rotatable bonds is 5. The molecule has 0 amide bonds. The highest BCUT2D eigenvalue weighted by molar-refractivity contribution is 6.12. The fourth-order valence-corrected chi connectivity index (χ4v) is 8.36. The van der Waals surface area contributed by atoms with E-state index in [1.54, 1.807) is 30.3 Å². The molecule has 0 unspecified atom stereocenters. The Morgan fingerprint density at radius 2 is 0.855 bits per heavy atom. The summed E-state index contributed by atoms with van der Waals surface area (Å²) in [6, 6.07) is 48.3. The minimum Gasteiger partial charge on any atom is -0.307 e. The van der Waals surface area contributed by atoms with Crippen LogP contribution in [-0.2, 0) is 12.4 Å². The van der Waals surface area contributed by atoms with Crippen molar-refractivity contribution in [1.82, 2.24) is 14.1 Å². The molecule has 0 fully saturated rings. The summed E-state index contributed by atoms with van der Waals surface area (Å²) in [4.78, 5) is 4.94. The van der Waals surface area contributed by atoms with Crippen molar-refractivity contribution in [1.29, 1.82) is 10.5 Å². The second-order valence-corrected chi connectivity index (χ2v) is 14.9. The Labute approximate surface area is 349 Å². The van der Waals surface area contributed by atoms with E-state index in [-0.39, 0.29) is 28.7 Å². The van der Waals surface area contributed by atoms with Gasteiger partial charge in [0.1, 0.15) is 5.82 Å². The van der Waals surface area contributed by atoms with E-state index in [1.807, 2.05) is 118 Å². The summed E-state index contributed by atoms with van der Waals surface area (Å²) in [6.07, 6.45) is -8.66. The molecule has 0 aliphatic carbocycles. The molecule has 0 atom stereocenters. The minimum atomic E-state index is -5.08. The van der Waals surface area contributed by atoms with Crippen LogP contribution >= 0.6 is 0 Å². The van der Waals surface area contributed by atoms with Crippen molar-refractivity contribution in [2.75, 3.05) is 0 Å². The quantitative estimate of drug-likeness (QED) is 0.162. The van der Waals surface area contributed by atoms with Gasteiger partial charge < -0.3 is 4.57 Å². The number of alkyl halides is 6. The molecule has 0 saturated carbocycles. The Bertz CT molecular complexity index is 3480. The summed E-state index contributed by atoms with van der Waals surface area (Å²) < 4.78 is 90.6. The fraction of sp³-hybridized carbons (Fsp3) is 0.0392. The lowest BCUT2D eigenvalue weighted by Gasteiger charge is -2.19. The van der Waals surface area contributed by atoms with Crippen molar-refractivity contribution < 1.29 is 26.3 Å². The molecule has 0 aliphatic heterocycles. The standard InChI is InChI=1S/C51H27F6N5/c52-50(53,54)37-21-36(22-38(25-37)51(55,56)57)41-26-49(62-45-8-4-2-6-40(45)43-24-35(18-20-47(43)62)33-15-11-31(28-59)12-16-33)60-29-48(41)61-44-7-3-1-5-39(44)42-23-34(17-19-46(42)61)32-13-9-30(27-58)10-14-32/h1-26,29H. The van der Waals surface area contributed by atoms with Crippen LogP contribution in [0.5, 0.6) is 0 Å². The summed E-state index contributed by atoms with van der Waals surface area (Å²) in [5.41, 5.74) is 4.41. The maximum absolute atomic E-state index is 14.5. The van der Waals surface area contributed by atoms with Gasteiger partial charge in [-0.05, 0) is 113 Å². The third-order valence-corrected chi connectivity index (χ3v) is 11.3. The number of para-hydroxylation sites is 2. The molecule has 3 aromatic heterocycles. The van der Waals surface area contributed by atoms with Crippen molar-refractivity contribution in [2.45, 2.75) is 12.4 Å². The van der Waals surface area contributed by atoms with Crippen LogP contribution in [-0.4, -0.2) is 14.1 Å². The molecule has 0 N–H and O–H groups in total. The molecule has 5 nitrogen and oxygen atoms in total. The lowest BCUT2D eigenvalue weighted by molar-refractivity contribution is -0.143. The molecule has 0 aliphatic rings. The van der Waals surface area contributed by atoms with E-state index in [9.17, 15) is 36.9 Å². The third-order valence-electron chi connectivity index (χ3n) is 11.3. The average molecular weight is 824 g/mol. The highest BCUT2D eigenvalue weighted by Gasteiger charge is 2.37. The fourth-order valence-electron chi connectivity index (χ4n) is 8.36. The molecule has 298 valence electrons. The highest BCUT2D eigenvalue weighted by Crippen LogP contribution is 2.43. The largest absolute Gasteiger partial charge is 0.416 e. The molecule has 3 heterocycles. The van der Waals surface area contributed by atoms with Gasteiger partial charge in [0.2, 0.25) is 0 Å². The van der Waals surface area contributed by atoms with Gasteiger partial charge in [-0.25, -0.2) is 4.98 Å². The monoisotopic (exact) mass is 823 g/mol. The van der Waals surface area contributed by atoms with E-state index >= 15 is 0 Å². The predicted octanol–water partition coefficient (Wildman–Crippen LogP) is 14.1. The van der Waals surface area contributed by atoms with Gasteiger partial charge in [0, 0.05) is 27.1 Å². The van der Waals surface area contributed by atoms with Crippen LogP contribution in [0.2, 0.25) is 0 Å². The Kier molecular flexibility index (Phi) is 8.75. The van der Waals surface area contributed by atoms with Gasteiger partial charge in [0.25, 0.3) is 0 Å². The van der Waals surface area contributed by atoms with Gasteiger partial charge >= 0.3 is 12.4 Å². The van der Waals surface area contributed by atoms with Crippen molar-refractivity contribution in [3.05, 3.63) is 186 Å². The lowest BCUT2D eigenvalue weighted by Crippen LogP contribution is -2.11. The Morgan fingerprint density at radius 1 is 0.419 bits per heavy atom. The number of hydrogen-bond acceptors (Lipinski definition) is 3. The maximum atomic E-state index is 14.5. The first-order valence-electron chi connectivity index (χ1n) is 19.3. The van der Waals surface area contributed by atoms with Gasteiger partial charge in [0.15, 0.2) is 0 Å². The first-order valence-corrected chi connectivity index (χ1v) is 19.3. The van der Waals surface area contributed by atoms with Gasteiger partial charge in [0.05, 0.1) is 68.3 Å².